The first-order valence-corrected chi connectivity index (χ1v) is 7.18. The van der Waals surface area contributed by atoms with Gasteiger partial charge in [-0.1, -0.05) is 0 Å². The van der Waals surface area contributed by atoms with Crippen molar-refractivity contribution in [2.45, 2.75) is 31.2 Å². The number of anilines is 1. The topological polar surface area (TPSA) is 125 Å². The van der Waals surface area contributed by atoms with Crippen LogP contribution in [0.15, 0.2) is 23.1 Å². The molecule has 2 amide bonds. The van der Waals surface area contributed by atoms with Gasteiger partial charge in [0, 0.05) is 5.54 Å². The van der Waals surface area contributed by atoms with E-state index in [9.17, 15) is 13.2 Å². The third-order valence-electron chi connectivity index (χ3n) is 2.14. The number of hydrogen-bond donors (Lipinski definition) is 3. The minimum Gasteiger partial charge on any atom is -0.398 e. The number of nitrogens with one attached hydrogen (secondary N) is 2. The highest BCUT2D eigenvalue weighted by molar-refractivity contribution is 7.90. The molecule has 4 N–H and O–H groups in total. The van der Waals surface area contributed by atoms with Crippen molar-refractivity contribution in [2.24, 2.45) is 0 Å². The number of nitrogens with two attached hydrogens (primary N) is 1. The van der Waals surface area contributed by atoms with Gasteiger partial charge in [-0.3, -0.25) is 0 Å². The van der Waals surface area contributed by atoms with Crippen LogP contribution in [0.5, 0.6) is 0 Å². The highest BCUT2D eigenvalue weighted by Gasteiger charge is 2.23. The van der Waals surface area contributed by atoms with E-state index >= 15 is 0 Å². The Kier molecular flexibility index (Phi) is 4.25. The molecule has 8 heteroatoms. The highest BCUT2D eigenvalue weighted by atomic mass is 32.2. The Morgan fingerprint density at radius 2 is 1.95 bits per heavy atom. The Balaban J connectivity index is 3.01. The first kappa shape index (κ1) is 15.8. The molecule has 0 fully saturated rings. The van der Waals surface area contributed by atoms with Crippen molar-refractivity contribution in [3.05, 3.63) is 23.8 Å². The van der Waals surface area contributed by atoms with Crippen molar-refractivity contribution >= 4 is 21.7 Å². The van der Waals surface area contributed by atoms with Crippen LogP contribution in [0.4, 0.5) is 10.5 Å². The maximum atomic E-state index is 12.0. The van der Waals surface area contributed by atoms with E-state index in [-0.39, 0.29) is 16.1 Å². The molecule has 0 saturated heterocycles. The molecule has 1 aromatic rings. The summed E-state index contributed by atoms with van der Waals surface area (Å²) in [7, 11) is -4.08. The fourth-order valence-corrected chi connectivity index (χ4v) is 2.43. The van der Waals surface area contributed by atoms with E-state index in [0.717, 1.165) is 0 Å². The zero-order valence-corrected chi connectivity index (χ0v) is 12.2. The van der Waals surface area contributed by atoms with Crippen molar-refractivity contribution in [2.75, 3.05) is 5.73 Å². The molecule has 0 aliphatic carbocycles. The van der Waals surface area contributed by atoms with Crippen molar-refractivity contribution in [3.8, 4) is 6.07 Å². The largest absolute Gasteiger partial charge is 0.398 e. The molecule has 20 heavy (non-hydrogen) atoms. The first-order valence-electron chi connectivity index (χ1n) is 5.70. The second-order valence-electron chi connectivity index (χ2n) is 5.17. The average molecular weight is 296 g/mol. The summed E-state index contributed by atoms with van der Waals surface area (Å²) in [5.74, 6) is 0. The number of rotatable bonds is 2. The van der Waals surface area contributed by atoms with E-state index in [4.69, 9.17) is 11.0 Å². The third-order valence-corrected chi connectivity index (χ3v) is 3.55. The number of nitriles is 1. The van der Waals surface area contributed by atoms with E-state index in [0.29, 0.717) is 0 Å². The molecule has 0 bridgehead atoms. The van der Waals surface area contributed by atoms with Gasteiger partial charge in [-0.25, -0.2) is 17.9 Å². The smallest absolute Gasteiger partial charge is 0.329 e. The molecule has 1 aromatic carbocycles. The predicted molar refractivity (Wildman–Crippen MR) is 74.2 cm³/mol. The van der Waals surface area contributed by atoms with Crippen molar-refractivity contribution < 1.29 is 13.2 Å². The van der Waals surface area contributed by atoms with Crippen LogP contribution in [0.3, 0.4) is 0 Å². The molecular formula is C12H16N4O3S. The quantitative estimate of drug-likeness (QED) is 0.700. The molecule has 0 radical (unpaired) electrons. The molecule has 1 rings (SSSR count). The van der Waals surface area contributed by atoms with Crippen molar-refractivity contribution in [3.63, 3.8) is 0 Å². The molecule has 0 atom stereocenters. The number of hydrogen-bond acceptors (Lipinski definition) is 5. The molecule has 0 saturated carbocycles. The highest BCUT2D eigenvalue weighted by Crippen LogP contribution is 2.19. The first-order chi connectivity index (χ1) is 9.05. The van der Waals surface area contributed by atoms with Crippen molar-refractivity contribution in [1.82, 2.24) is 10.0 Å². The van der Waals surface area contributed by atoms with Crippen LogP contribution in [-0.2, 0) is 10.0 Å². The van der Waals surface area contributed by atoms with Crippen LogP contribution in [0, 0.1) is 11.3 Å². The molecule has 0 spiro atoms. The lowest BCUT2D eigenvalue weighted by molar-refractivity contribution is 0.237. The number of sulfonamides is 1. The van der Waals surface area contributed by atoms with Gasteiger partial charge in [0.05, 0.1) is 17.3 Å². The van der Waals surface area contributed by atoms with Gasteiger partial charge in [0.25, 0.3) is 10.0 Å². The number of nitrogen functional groups attached to an aromatic ring is 1. The molecule has 0 unspecified atom stereocenters. The van der Waals surface area contributed by atoms with E-state index in [1.165, 1.54) is 18.2 Å². The van der Waals surface area contributed by atoms with Gasteiger partial charge in [0.2, 0.25) is 0 Å². The van der Waals surface area contributed by atoms with Gasteiger partial charge in [-0.05, 0) is 39.0 Å². The standard InChI is InChI=1S/C12H16N4O3S/c1-12(2,3)15-11(17)16-20(18,19)10-5-4-8(7-13)6-9(10)14/h4-6H,14H2,1-3H3,(H2,15,16,17). The third kappa shape index (κ3) is 4.13. The monoisotopic (exact) mass is 296 g/mol. The van der Waals surface area contributed by atoms with E-state index in [2.05, 4.69) is 5.32 Å². The molecule has 108 valence electrons. The molecule has 0 aliphatic heterocycles. The lowest BCUT2D eigenvalue weighted by atomic mass is 10.1. The Labute approximate surface area is 117 Å². The maximum Gasteiger partial charge on any atom is 0.329 e. The van der Waals surface area contributed by atoms with Gasteiger partial charge < -0.3 is 11.1 Å². The summed E-state index contributed by atoms with van der Waals surface area (Å²) >= 11 is 0. The van der Waals surface area contributed by atoms with Gasteiger partial charge >= 0.3 is 6.03 Å². The minimum atomic E-state index is -4.08. The Bertz CT molecular complexity index is 669. The number of amides is 2. The average Bonchev–Trinajstić information content (AvgIpc) is 2.24. The van der Waals surface area contributed by atoms with Gasteiger partial charge in [-0.2, -0.15) is 5.26 Å². The lowest BCUT2D eigenvalue weighted by Gasteiger charge is -2.20. The summed E-state index contributed by atoms with van der Waals surface area (Å²) in [4.78, 5) is 11.3. The lowest BCUT2D eigenvalue weighted by Crippen LogP contribution is -2.48. The number of urea groups is 1. The number of carbonyl (C=O) groups is 1. The van der Waals surface area contributed by atoms with Crippen LogP contribution in [0.25, 0.3) is 0 Å². The number of nitrogens with zero attached hydrogens (tertiary/aromatic N) is 1. The second-order valence-corrected chi connectivity index (χ2v) is 6.82. The Hall–Kier alpha value is -2.27. The zero-order chi connectivity index (χ0) is 15.6. The normalized spacial score (nSPS) is 11.5. The van der Waals surface area contributed by atoms with Crippen LogP contribution < -0.4 is 15.8 Å². The van der Waals surface area contributed by atoms with Crippen LogP contribution in [-0.4, -0.2) is 20.0 Å². The fourth-order valence-electron chi connectivity index (χ4n) is 1.41. The summed E-state index contributed by atoms with van der Waals surface area (Å²) in [6, 6.07) is 4.72. The van der Waals surface area contributed by atoms with E-state index in [1.54, 1.807) is 20.8 Å². The predicted octanol–water partition coefficient (Wildman–Crippen LogP) is 0.927. The van der Waals surface area contributed by atoms with E-state index < -0.39 is 21.6 Å². The zero-order valence-electron chi connectivity index (χ0n) is 11.4. The number of benzene rings is 1. The summed E-state index contributed by atoms with van der Waals surface area (Å²) < 4.78 is 25.9. The van der Waals surface area contributed by atoms with Crippen molar-refractivity contribution in [1.29, 1.82) is 5.26 Å². The van der Waals surface area contributed by atoms with Crippen LogP contribution in [0.1, 0.15) is 26.3 Å². The summed E-state index contributed by atoms with van der Waals surface area (Å²) in [6.45, 7) is 5.15. The minimum absolute atomic E-state index is 0.0971. The second kappa shape index (κ2) is 5.38. The van der Waals surface area contributed by atoms with E-state index in [1.807, 2.05) is 10.8 Å². The maximum absolute atomic E-state index is 12.0. The Morgan fingerprint density at radius 1 is 1.35 bits per heavy atom. The van der Waals surface area contributed by atoms with Gasteiger partial charge in [-0.15, -0.1) is 0 Å². The number of carbonyl (C=O) groups excluding carboxylic acids is 1. The summed E-state index contributed by atoms with van der Waals surface area (Å²) in [6.07, 6.45) is 0. The van der Waals surface area contributed by atoms with Gasteiger partial charge in [0.1, 0.15) is 4.90 Å². The fraction of sp³-hybridized carbons (Fsp3) is 0.333. The molecule has 0 heterocycles. The molecular weight excluding hydrogens is 280 g/mol. The van der Waals surface area contributed by atoms with Crippen LogP contribution in [0.2, 0.25) is 0 Å². The summed E-state index contributed by atoms with van der Waals surface area (Å²) in [5, 5.41) is 11.2. The summed E-state index contributed by atoms with van der Waals surface area (Å²) in [5.41, 5.74) is 5.15. The molecule has 0 aliphatic rings. The molecule has 0 aromatic heterocycles. The van der Waals surface area contributed by atoms with Gasteiger partial charge in [0.15, 0.2) is 0 Å². The SMILES string of the molecule is CC(C)(C)NC(=O)NS(=O)(=O)c1ccc(C#N)cc1N. The Morgan fingerprint density at radius 3 is 2.40 bits per heavy atom. The van der Waals surface area contributed by atoms with Crippen LogP contribution >= 0.6 is 0 Å². The molecule has 7 nitrogen and oxygen atoms in total.